The van der Waals surface area contributed by atoms with Crippen LogP contribution in [0.2, 0.25) is 0 Å². The van der Waals surface area contributed by atoms with Crippen molar-refractivity contribution in [2.24, 2.45) is 0 Å². The molecule has 2 N–H and O–H groups in total. The summed E-state index contributed by atoms with van der Waals surface area (Å²) in [5.74, 6) is 36.6. The van der Waals surface area contributed by atoms with Gasteiger partial charge in [0, 0.05) is 64.2 Å². The van der Waals surface area contributed by atoms with Crippen LogP contribution in [0.25, 0.3) is 10.8 Å². The zero-order valence-corrected chi connectivity index (χ0v) is 21.8. The van der Waals surface area contributed by atoms with Gasteiger partial charge in [-0.3, -0.25) is 10.1 Å². The molecule has 0 aliphatic carbocycles. The molecule has 2 rings (SSSR count). The summed E-state index contributed by atoms with van der Waals surface area (Å²) in [6, 6.07) is 8.76. The van der Waals surface area contributed by atoms with Crippen LogP contribution in [-0.2, 0) is 10.1 Å². The summed E-state index contributed by atoms with van der Waals surface area (Å²) in [5.41, 5.74) is -0.434. The van der Waals surface area contributed by atoms with E-state index >= 15 is 0 Å². The molecule has 166 valence electrons. The van der Waals surface area contributed by atoms with Crippen molar-refractivity contribution in [1.29, 1.82) is 0 Å². The molecule has 8 heteroatoms. The Bertz CT molecular complexity index is 1930. The number of phenolic OH excluding ortho intramolecular Hbond substituents is 1. The Hall–Kier alpha value is -5.08. The molecule has 2 aromatic carbocycles. The standard InChI is InChI=1S/C29H9NO5S.Na/c1-2-3-4-5-6-7-8-9-10-11-12-13-14-15-16-19-22-30-29(32)26-23-27(36(33,34)35)24-20-17-18-21-25(24)28(26)31;/h1,17-18,20-21,23,31H,(H,30,32)(H,33,34,35);/q;+1/p-1. The number of rotatable bonds is 2. The molecule has 6 nitrogen and oxygen atoms in total. The summed E-state index contributed by atoms with van der Waals surface area (Å²) < 4.78 is 34.8. The van der Waals surface area contributed by atoms with Crippen molar-refractivity contribution in [2.75, 3.05) is 0 Å². The number of terminal acetylenes is 1. The third-order valence-electron chi connectivity index (χ3n) is 3.68. The van der Waals surface area contributed by atoms with Crippen molar-refractivity contribution in [2.45, 2.75) is 4.90 Å². The van der Waals surface area contributed by atoms with E-state index in [9.17, 15) is 22.9 Å². The second-order valence-corrected chi connectivity index (χ2v) is 7.22. The predicted octanol–water partition coefficient (Wildman–Crippen LogP) is -2.20. The Morgan fingerprint density at radius 2 is 1.22 bits per heavy atom. The maximum Gasteiger partial charge on any atom is 1.00 e. The van der Waals surface area contributed by atoms with Crippen molar-refractivity contribution in [3.63, 3.8) is 0 Å². The molecule has 0 atom stereocenters. The van der Waals surface area contributed by atoms with Gasteiger partial charge in [0.15, 0.2) is 0 Å². The van der Waals surface area contributed by atoms with Gasteiger partial charge >= 0.3 is 29.6 Å². The number of aromatic hydroxyl groups is 1. The summed E-state index contributed by atoms with van der Waals surface area (Å²) in [5, 5.41) is 12.5. The molecule has 0 unspecified atom stereocenters. The minimum Gasteiger partial charge on any atom is -0.744 e. The number of nitrogens with one attached hydrogen (secondary N) is 1. The van der Waals surface area contributed by atoms with Crippen molar-refractivity contribution in [3.8, 4) is 113 Å². The van der Waals surface area contributed by atoms with E-state index in [1.54, 1.807) is 0 Å². The number of carbonyl (C=O) groups is 1. The van der Waals surface area contributed by atoms with Gasteiger partial charge in [0.2, 0.25) is 0 Å². The zero-order valence-electron chi connectivity index (χ0n) is 19.0. The number of hydrogen-bond acceptors (Lipinski definition) is 5. The molecule has 0 saturated carbocycles. The number of hydrogen-bond donors (Lipinski definition) is 2. The van der Waals surface area contributed by atoms with E-state index in [1.807, 2.05) is 0 Å². The Balaban J connectivity index is 0.00000684. The van der Waals surface area contributed by atoms with Gasteiger partial charge in [0.05, 0.1) is 10.5 Å². The van der Waals surface area contributed by atoms with Crippen LogP contribution in [-0.4, -0.2) is 24.0 Å². The van der Waals surface area contributed by atoms with Crippen molar-refractivity contribution in [3.05, 3.63) is 35.9 Å². The first-order valence-corrected chi connectivity index (χ1v) is 10.7. The first-order valence-electron chi connectivity index (χ1n) is 9.33. The molecule has 0 spiro atoms. The van der Waals surface area contributed by atoms with Gasteiger partial charge in [-0.2, -0.15) is 0 Å². The van der Waals surface area contributed by atoms with E-state index in [2.05, 4.69) is 106 Å². The summed E-state index contributed by atoms with van der Waals surface area (Å²) in [6.45, 7) is 0. The van der Waals surface area contributed by atoms with Crippen LogP contribution in [0, 0.1) is 107 Å². The molecule has 0 aliphatic rings. The van der Waals surface area contributed by atoms with Crippen molar-refractivity contribution in [1.82, 2.24) is 5.32 Å². The minimum absolute atomic E-state index is 0. The van der Waals surface area contributed by atoms with Crippen LogP contribution in [0.3, 0.4) is 0 Å². The minimum atomic E-state index is -4.91. The van der Waals surface area contributed by atoms with E-state index in [-0.39, 0.29) is 40.3 Å². The van der Waals surface area contributed by atoms with E-state index in [4.69, 9.17) is 6.42 Å². The second kappa shape index (κ2) is 15.8. The maximum atomic E-state index is 12.3. The van der Waals surface area contributed by atoms with Gasteiger partial charge < -0.3 is 9.66 Å². The molecular formula is C29H8NNaO5S. The fourth-order valence-electron chi connectivity index (χ4n) is 2.34. The van der Waals surface area contributed by atoms with Crippen molar-refractivity contribution < 1.29 is 52.4 Å². The molecule has 0 aromatic heterocycles. The molecule has 0 saturated heterocycles. The van der Waals surface area contributed by atoms with Crippen LogP contribution in [0.4, 0.5) is 0 Å². The van der Waals surface area contributed by atoms with E-state index in [0.29, 0.717) is 0 Å². The van der Waals surface area contributed by atoms with E-state index in [0.717, 1.165) is 6.07 Å². The fraction of sp³-hybridized carbons (Fsp3) is 0. The van der Waals surface area contributed by atoms with Crippen LogP contribution < -0.4 is 34.9 Å². The Kier molecular flexibility index (Phi) is 12.8. The number of fused-ring (bicyclic) bond motifs is 1. The van der Waals surface area contributed by atoms with Crippen LogP contribution >= 0.6 is 0 Å². The quantitative estimate of drug-likeness (QED) is 0.209. The average molecular weight is 505 g/mol. The SMILES string of the molecule is C#CC#CC#CC#CC#CC#CC#CC#CC#CNC(=O)c1cc(S(=O)(=O)[O-])c2ccccc2c1O.[Na+]. The molecule has 2 aromatic rings. The van der Waals surface area contributed by atoms with Crippen LogP contribution in [0.1, 0.15) is 10.4 Å². The summed E-state index contributed by atoms with van der Waals surface area (Å²) in [7, 11) is -4.91. The van der Waals surface area contributed by atoms with Crippen molar-refractivity contribution >= 4 is 26.8 Å². The monoisotopic (exact) mass is 505 g/mol. The fourth-order valence-corrected chi connectivity index (χ4v) is 3.05. The summed E-state index contributed by atoms with van der Waals surface area (Å²) in [4.78, 5) is 11.7. The zero-order chi connectivity index (χ0) is 26.2. The van der Waals surface area contributed by atoms with Gasteiger partial charge in [-0.1, -0.05) is 24.3 Å². The third-order valence-corrected chi connectivity index (χ3v) is 4.55. The van der Waals surface area contributed by atoms with E-state index in [1.165, 1.54) is 24.3 Å². The molecule has 1 amide bonds. The van der Waals surface area contributed by atoms with Gasteiger partial charge in [0.1, 0.15) is 15.9 Å². The summed E-state index contributed by atoms with van der Waals surface area (Å²) >= 11 is 0. The largest absolute Gasteiger partial charge is 1.00 e. The topological polar surface area (TPSA) is 107 Å². The predicted molar refractivity (Wildman–Crippen MR) is 132 cm³/mol. The summed E-state index contributed by atoms with van der Waals surface area (Å²) in [6.07, 6.45) is 4.92. The molecule has 37 heavy (non-hydrogen) atoms. The Labute approximate surface area is 237 Å². The van der Waals surface area contributed by atoms with Crippen LogP contribution in [0.5, 0.6) is 5.75 Å². The van der Waals surface area contributed by atoms with Gasteiger partial charge in [0.25, 0.3) is 5.91 Å². The smallest absolute Gasteiger partial charge is 0.744 e. The first kappa shape index (κ1) is 30.0. The van der Waals surface area contributed by atoms with Gasteiger partial charge in [-0.05, 0) is 53.4 Å². The molecular weight excluding hydrogens is 497 g/mol. The molecule has 0 heterocycles. The third kappa shape index (κ3) is 9.97. The molecule has 0 fully saturated rings. The molecule has 0 aliphatic heterocycles. The van der Waals surface area contributed by atoms with E-state index < -0.39 is 32.2 Å². The number of benzene rings is 2. The molecule has 0 radical (unpaired) electrons. The number of phenols is 1. The number of amides is 1. The Morgan fingerprint density at radius 1 is 0.784 bits per heavy atom. The first-order chi connectivity index (χ1) is 17.4. The van der Waals surface area contributed by atoms with Gasteiger partial charge in [-0.25, -0.2) is 8.42 Å². The maximum absolute atomic E-state index is 12.3. The average Bonchev–Trinajstić information content (AvgIpc) is 2.85. The van der Waals surface area contributed by atoms with Crippen LogP contribution in [0.15, 0.2) is 35.2 Å². The molecule has 0 bridgehead atoms. The normalized spacial score (nSPS) is 7.68. The Morgan fingerprint density at radius 3 is 1.68 bits per heavy atom. The van der Waals surface area contributed by atoms with Gasteiger partial charge in [-0.15, -0.1) is 6.42 Å². The second-order valence-electron chi connectivity index (χ2n) is 5.87. The number of carbonyl (C=O) groups excluding carboxylic acids is 1.